The first-order valence-corrected chi connectivity index (χ1v) is 7.83. The van der Waals surface area contributed by atoms with E-state index in [1.54, 1.807) is 6.08 Å². The van der Waals surface area contributed by atoms with E-state index < -0.39 is 19.9 Å². The molecule has 8 heteroatoms. The van der Waals surface area contributed by atoms with Crippen molar-refractivity contribution in [3.8, 4) is 0 Å². The Balaban J connectivity index is 3.43. The highest BCUT2D eigenvalue weighted by molar-refractivity contribution is 14.1. The van der Waals surface area contributed by atoms with Gasteiger partial charge in [-0.15, -0.1) is 0 Å². The minimum Gasteiger partial charge on any atom is -0.312 e. The van der Waals surface area contributed by atoms with E-state index >= 15 is 0 Å². The number of rotatable bonds is 2. The third-order valence-electron chi connectivity index (χ3n) is 2.01. The fourth-order valence-corrected chi connectivity index (χ4v) is 7.53. The minimum atomic E-state index is -1.20. The van der Waals surface area contributed by atoms with E-state index in [1.165, 1.54) is 0 Å². The molecule has 0 aromatic carbocycles. The number of carbonyl (C=O) groups is 2. The Hall–Kier alpha value is 1.55. The van der Waals surface area contributed by atoms with Gasteiger partial charge >= 0.3 is 0 Å². The molecule has 88 valence electrons. The molecule has 0 spiro atoms. The molecule has 2 atom stereocenters. The van der Waals surface area contributed by atoms with Crippen molar-refractivity contribution in [2.24, 2.45) is 11.7 Å². The zero-order valence-electron chi connectivity index (χ0n) is 7.44. The highest BCUT2D eigenvalue weighted by atomic mass is 127. The molecule has 1 aliphatic rings. The number of allylic oxidation sites excluding steroid dienone is 2. The number of nitrogens with two attached hydrogens (primary N) is 1. The van der Waals surface area contributed by atoms with E-state index in [0.717, 1.165) is 0 Å². The zero-order chi connectivity index (χ0) is 12.7. The van der Waals surface area contributed by atoms with Crippen molar-refractivity contribution in [3.63, 3.8) is 0 Å². The number of hydrogen-bond acceptors (Lipinski definition) is 3. The molecular weight excluding hydrogens is 594 g/mol. The van der Waals surface area contributed by atoms with E-state index in [4.69, 9.17) is 28.9 Å². The lowest BCUT2D eigenvalue weighted by atomic mass is 9.90. The molecular formula is C8H4Cl2I3NO2. The zero-order valence-corrected chi connectivity index (χ0v) is 15.4. The Morgan fingerprint density at radius 1 is 1.38 bits per heavy atom. The first-order valence-electron chi connectivity index (χ1n) is 3.84. The summed E-state index contributed by atoms with van der Waals surface area (Å²) in [5.74, 6) is -0.744. The van der Waals surface area contributed by atoms with Gasteiger partial charge in [-0.3, -0.25) is 9.59 Å². The summed E-state index contributed by atoms with van der Waals surface area (Å²) >= 11 is 16.8. The van der Waals surface area contributed by atoms with E-state index in [9.17, 15) is 9.59 Å². The number of alkyl halides is 1. The van der Waals surface area contributed by atoms with Crippen LogP contribution in [0.1, 0.15) is 0 Å². The largest absolute Gasteiger partial charge is 0.312 e. The summed E-state index contributed by atoms with van der Waals surface area (Å²) in [7, 11) is 0. The lowest BCUT2D eigenvalue weighted by Gasteiger charge is -2.34. The van der Waals surface area contributed by atoms with Crippen LogP contribution in [0.25, 0.3) is 0 Å². The lowest BCUT2D eigenvalue weighted by Crippen LogP contribution is -2.48. The number of halogens is 5. The molecule has 0 aromatic rings. The van der Waals surface area contributed by atoms with E-state index in [1.807, 2.05) is 67.8 Å². The van der Waals surface area contributed by atoms with Crippen molar-refractivity contribution in [1.82, 2.24) is 0 Å². The molecule has 2 unspecified atom stereocenters. The summed E-state index contributed by atoms with van der Waals surface area (Å²) in [6.07, 6.45) is 1.69. The lowest BCUT2D eigenvalue weighted by molar-refractivity contribution is -0.114. The second-order valence-electron chi connectivity index (χ2n) is 3.03. The topological polar surface area (TPSA) is 60.2 Å². The van der Waals surface area contributed by atoms with Crippen LogP contribution < -0.4 is 5.73 Å². The van der Waals surface area contributed by atoms with Gasteiger partial charge in [0.2, 0.25) is 5.24 Å². The van der Waals surface area contributed by atoms with Gasteiger partial charge < -0.3 is 5.73 Å². The molecule has 0 bridgehead atoms. The Kier molecular flexibility index (Phi) is 5.54. The van der Waals surface area contributed by atoms with Gasteiger partial charge in [-0.05, 0) is 74.5 Å². The van der Waals surface area contributed by atoms with Gasteiger partial charge in [-0.2, -0.15) is 0 Å². The Labute approximate surface area is 143 Å². The monoisotopic (exact) mass is 597 g/mol. The van der Waals surface area contributed by atoms with Gasteiger partial charge in [0.1, 0.15) is 3.55 Å². The third-order valence-corrected chi connectivity index (χ3v) is 5.36. The summed E-state index contributed by atoms with van der Waals surface area (Å²) in [6.45, 7) is 0. The average molecular weight is 598 g/mol. The van der Waals surface area contributed by atoms with Crippen LogP contribution in [0.5, 0.6) is 0 Å². The molecule has 2 N–H and O–H groups in total. The molecule has 0 fully saturated rings. The normalized spacial score (nSPS) is 30.1. The molecule has 0 aliphatic heterocycles. The molecule has 0 saturated carbocycles. The fraction of sp³-hybridized carbons (Fsp3) is 0.250. The van der Waals surface area contributed by atoms with Crippen molar-refractivity contribution in [3.05, 3.63) is 18.8 Å². The van der Waals surface area contributed by atoms with Crippen LogP contribution in [0.4, 0.5) is 0 Å². The van der Waals surface area contributed by atoms with Gasteiger partial charge in [0.15, 0.2) is 0 Å². The first-order chi connectivity index (χ1) is 7.19. The summed E-state index contributed by atoms with van der Waals surface area (Å²) in [4.78, 5) is 22.7. The summed E-state index contributed by atoms with van der Waals surface area (Å²) in [5.41, 5.74) is 6.23. The van der Waals surface area contributed by atoms with Crippen LogP contribution in [0.15, 0.2) is 18.8 Å². The second-order valence-corrected chi connectivity index (χ2v) is 7.94. The molecule has 0 radical (unpaired) electrons. The van der Waals surface area contributed by atoms with Gasteiger partial charge in [0.05, 0.1) is 11.5 Å². The average Bonchev–Trinajstić information content (AvgIpc) is 1.97. The van der Waals surface area contributed by atoms with Crippen molar-refractivity contribution in [2.75, 3.05) is 0 Å². The second kappa shape index (κ2) is 5.68. The van der Waals surface area contributed by atoms with Crippen molar-refractivity contribution >= 4 is 101 Å². The quantitative estimate of drug-likeness (QED) is 0.230. The maximum atomic E-state index is 11.4. The maximum absolute atomic E-state index is 11.4. The van der Waals surface area contributed by atoms with Crippen LogP contribution >= 0.6 is 91.0 Å². The molecule has 16 heavy (non-hydrogen) atoms. The van der Waals surface area contributed by atoms with E-state index in [2.05, 4.69) is 0 Å². The molecule has 0 amide bonds. The summed E-state index contributed by atoms with van der Waals surface area (Å²) in [5, 5.41) is -1.26. The van der Waals surface area contributed by atoms with Crippen molar-refractivity contribution in [2.45, 2.75) is 3.55 Å². The van der Waals surface area contributed by atoms with Gasteiger partial charge in [-0.25, -0.2) is 0 Å². The van der Waals surface area contributed by atoms with E-state index in [-0.39, 0.29) is 5.57 Å². The fourth-order valence-electron chi connectivity index (χ4n) is 1.32. The summed E-state index contributed by atoms with van der Waals surface area (Å²) in [6, 6.07) is 0. The molecule has 3 nitrogen and oxygen atoms in total. The minimum absolute atomic E-state index is 0.217. The predicted octanol–water partition coefficient (Wildman–Crippen LogP) is 3.25. The molecule has 0 heterocycles. The van der Waals surface area contributed by atoms with Crippen molar-refractivity contribution in [1.29, 1.82) is 0 Å². The number of hydrogen-bond donors (Lipinski definition) is 1. The SMILES string of the molecule is NC1(I)C(C(=O)Cl)=C(I)C=C(I)C1C(=O)Cl. The maximum Gasteiger partial charge on any atom is 0.252 e. The molecule has 1 aliphatic carbocycles. The van der Waals surface area contributed by atoms with Crippen molar-refractivity contribution < 1.29 is 9.59 Å². The third kappa shape index (κ3) is 2.92. The standard InChI is InChI=1S/C8H4Cl2I3NO2/c9-6(15)4-2(11)1-3(12)5(7(10)16)8(4,13)14/h1,4H,14H2. The highest BCUT2D eigenvalue weighted by Gasteiger charge is 2.47. The van der Waals surface area contributed by atoms with Crippen LogP contribution in [0.2, 0.25) is 0 Å². The van der Waals surface area contributed by atoms with Crippen LogP contribution in [0, 0.1) is 5.92 Å². The van der Waals surface area contributed by atoms with Crippen LogP contribution in [0.3, 0.4) is 0 Å². The van der Waals surface area contributed by atoms with Crippen LogP contribution in [-0.4, -0.2) is 14.0 Å². The Morgan fingerprint density at radius 3 is 2.25 bits per heavy atom. The van der Waals surface area contributed by atoms with Gasteiger partial charge in [0, 0.05) is 7.16 Å². The highest BCUT2D eigenvalue weighted by Crippen LogP contribution is 2.46. The Bertz CT molecular complexity index is 431. The first kappa shape index (κ1) is 15.6. The summed E-state index contributed by atoms with van der Waals surface area (Å²) < 4.78 is 0.130. The van der Waals surface area contributed by atoms with E-state index in [0.29, 0.717) is 7.16 Å². The Morgan fingerprint density at radius 2 is 1.88 bits per heavy atom. The number of carbonyl (C=O) groups excluding carboxylic acids is 2. The smallest absolute Gasteiger partial charge is 0.252 e. The predicted molar refractivity (Wildman–Crippen MR) is 89.3 cm³/mol. The van der Waals surface area contributed by atoms with Gasteiger partial charge in [-0.1, -0.05) is 22.6 Å². The van der Waals surface area contributed by atoms with Crippen LogP contribution in [-0.2, 0) is 9.59 Å². The molecule has 1 rings (SSSR count). The molecule has 0 saturated heterocycles. The molecule has 0 aromatic heterocycles. The van der Waals surface area contributed by atoms with Gasteiger partial charge in [0.25, 0.3) is 5.24 Å².